The highest BCUT2D eigenvalue weighted by Crippen LogP contribution is 2.42. The molecule has 3 N–H and O–H groups in total. The lowest BCUT2D eigenvalue weighted by Crippen LogP contribution is -2.44. The summed E-state index contributed by atoms with van der Waals surface area (Å²) in [5, 5.41) is 11.4. The van der Waals surface area contributed by atoms with E-state index in [0.717, 1.165) is 6.07 Å². The number of rotatable bonds is 3. The highest BCUT2D eigenvalue weighted by Gasteiger charge is 2.35. The standard InChI is InChI=1S/C21H20F3N7O/c1-12-11-32-9-8-30(12)17-10-14(13-4-2-3-5-15(13)21(22,23)24)18-19(25)29-31(20(18)27-17)16-6-7-26-28-16/h2-7,10,12H,8-9,11H2,1H3,(H2,25,29)(H,26,28). The van der Waals surface area contributed by atoms with Crippen LogP contribution in [-0.4, -0.2) is 50.8 Å². The van der Waals surface area contributed by atoms with E-state index in [2.05, 4.69) is 15.3 Å². The number of benzene rings is 1. The average molecular weight is 443 g/mol. The van der Waals surface area contributed by atoms with Crippen molar-refractivity contribution in [3.63, 3.8) is 0 Å². The number of ether oxygens (including phenoxy) is 1. The third kappa shape index (κ3) is 3.34. The fraction of sp³-hybridized carbons (Fsp3) is 0.286. The third-order valence-electron chi connectivity index (χ3n) is 5.55. The van der Waals surface area contributed by atoms with Gasteiger partial charge in [-0.3, -0.25) is 5.10 Å². The highest BCUT2D eigenvalue weighted by atomic mass is 19.4. The molecule has 1 fully saturated rings. The van der Waals surface area contributed by atoms with E-state index in [-0.39, 0.29) is 17.4 Å². The van der Waals surface area contributed by atoms with Crippen LogP contribution in [0.3, 0.4) is 0 Å². The molecule has 166 valence electrons. The van der Waals surface area contributed by atoms with Gasteiger partial charge in [0.2, 0.25) is 0 Å². The number of H-pyrrole nitrogens is 1. The van der Waals surface area contributed by atoms with Crippen LogP contribution in [0.2, 0.25) is 0 Å². The molecule has 1 saturated heterocycles. The van der Waals surface area contributed by atoms with Crippen LogP contribution < -0.4 is 10.6 Å². The first-order valence-corrected chi connectivity index (χ1v) is 10.0. The van der Waals surface area contributed by atoms with Gasteiger partial charge in [-0.15, -0.1) is 5.10 Å². The quantitative estimate of drug-likeness (QED) is 0.502. The molecule has 8 nitrogen and oxygen atoms in total. The molecule has 0 spiro atoms. The normalized spacial score (nSPS) is 17.2. The van der Waals surface area contributed by atoms with E-state index < -0.39 is 11.7 Å². The number of morpholine rings is 1. The minimum atomic E-state index is -4.53. The van der Waals surface area contributed by atoms with Crippen LogP contribution >= 0.6 is 0 Å². The molecule has 0 saturated carbocycles. The monoisotopic (exact) mass is 443 g/mol. The number of nitrogens with two attached hydrogens (primary N) is 1. The molecule has 0 amide bonds. The molecule has 4 aromatic rings. The van der Waals surface area contributed by atoms with E-state index in [9.17, 15) is 13.2 Å². The summed E-state index contributed by atoms with van der Waals surface area (Å²) < 4.78 is 48.6. The molecule has 1 aliphatic heterocycles. The van der Waals surface area contributed by atoms with Gasteiger partial charge >= 0.3 is 6.18 Å². The number of alkyl halides is 3. The Morgan fingerprint density at radius 1 is 1.19 bits per heavy atom. The van der Waals surface area contributed by atoms with Crippen molar-refractivity contribution in [1.82, 2.24) is 25.0 Å². The van der Waals surface area contributed by atoms with Gasteiger partial charge in [0.1, 0.15) is 5.82 Å². The second-order valence-electron chi connectivity index (χ2n) is 7.63. The summed E-state index contributed by atoms with van der Waals surface area (Å²) in [5.41, 5.74) is 6.15. The van der Waals surface area contributed by atoms with Crippen LogP contribution in [0, 0.1) is 0 Å². The maximum absolute atomic E-state index is 13.9. The molecule has 0 aliphatic carbocycles. The van der Waals surface area contributed by atoms with Crippen LogP contribution in [0.1, 0.15) is 12.5 Å². The predicted octanol–water partition coefficient (Wildman–Crippen LogP) is 3.64. The maximum atomic E-state index is 13.9. The molecule has 0 bridgehead atoms. The first-order chi connectivity index (χ1) is 15.3. The Labute approximate surface area is 180 Å². The molecule has 4 heterocycles. The lowest BCUT2D eigenvalue weighted by Gasteiger charge is -2.34. The molecule has 3 aromatic heterocycles. The first-order valence-electron chi connectivity index (χ1n) is 10.0. The molecule has 1 aliphatic rings. The van der Waals surface area contributed by atoms with E-state index in [4.69, 9.17) is 15.5 Å². The van der Waals surface area contributed by atoms with E-state index in [1.165, 1.54) is 16.8 Å². The summed E-state index contributed by atoms with van der Waals surface area (Å²) in [5.74, 6) is 1.11. The Morgan fingerprint density at radius 3 is 2.72 bits per heavy atom. The molecule has 1 unspecified atom stereocenters. The lowest BCUT2D eigenvalue weighted by atomic mass is 9.97. The molecule has 1 aromatic carbocycles. The third-order valence-corrected chi connectivity index (χ3v) is 5.55. The number of aromatic amines is 1. The number of aromatic nitrogens is 5. The highest BCUT2D eigenvalue weighted by molar-refractivity contribution is 6.02. The number of hydrogen-bond donors (Lipinski definition) is 2. The molecule has 5 rings (SSSR count). The van der Waals surface area contributed by atoms with E-state index in [0.29, 0.717) is 48.0 Å². The molecule has 0 radical (unpaired) electrons. The lowest BCUT2D eigenvalue weighted by molar-refractivity contribution is -0.137. The van der Waals surface area contributed by atoms with Gasteiger partial charge in [0.05, 0.1) is 36.4 Å². The van der Waals surface area contributed by atoms with Crippen molar-refractivity contribution in [2.45, 2.75) is 19.1 Å². The van der Waals surface area contributed by atoms with Crippen molar-refractivity contribution >= 4 is 22.7 Å². The van der Waals surface area contributed by atoms with Crippen molar-refractivity contribution in [2.75, 3.05) is 30.4 Å². The van der Waals surface area contributed by atoms with Crippen molar-refractivity contribution in [2.24, 2.45) is 0 Å². The topological polar surface area (TPSA) is 97.9 Å². The summed E-state index contributed by atoms with van der Waals surface area (Å²) in [7, 11) is 0. The van der Waals surface area contributed by atoms with Crippen molar-refractivity contribution in [3.8, 4) is 16.9 Å². The number of nitrogen functional groups attached to an aromatic ring is 1. The fourth-order valence-electron chi connectivity index (χ4n) is 4.06. The van der Waals surface area contributed by atoms with Crippen molar-refractivity contribution < 1.29 is 17.9 Å². The van der Waals surface area contributed by atoms with Crippen LogP contribution in [0.15, 0.2) is 42.6 Å². The summed E-state index contributed by atoms with van der Waals surface area (Å²) >= 11 is 0. The predicted molar refractivity (Wildman–Crippen MR) is 113 cm³/mol. The number of nitrogens with zero attached hydrogens (tertiary/aromatic N) is 5. The van der Waals surface area contributed by atoms with Crippen LogP contribution in [0.4, 0.5) is 24.8 Å². The Hall–Kier alpha value is -3.60. The van der Waals surface area contributed by atoms with Gasteiger partial charge in [-0.1, -0.05) is 18.2 Å². The Bertz CT molecular complexity index is 1270. The first kappa shape index (κ1) is 20.3. The molecule has 1 atom stereocenters. The summed E-state index contributed by atoms with van der Waals surface area (Å²) in [6, 6.07) is 8.78. The van der Waals surface area contributed by atoms with Gasteiger partial charge in [0, 0.05) is 18.2 Å². The number of anilines is 2. The number of nitrogens with one attached hydrogen (secondary N) is 1. The summed E-state index contributed by atoms with van der Waals surface area (Å²) in [4.78, 5) is 6.78. The summed E-state index contributed by atoms with van der Waals surface area (Å²) in [6.07, 6.45) is -2.99. The SMILES string of the molecule is CC1COCCN1c1cc(-c2ccccc2C(F)(F)F)c2c(N)nn(-c3ccn[nH]3)c2n1. The molecular formula is C21H20F3N7O. The fourth-order valence-corrected chi connectivity index (χ4v) is 4.06. The number of halogens is 3. The van der Waals surface area contributed by atoms with E-state index in [1.807, 2.05) is 11.8 Å². The number of pyridine rings is 1. The zero-order valence-electron chi connectivity index (χ0n) is 17.1. The van der Waals surface area contributed by atoms with E-state index in [1.54, 1.807) is 24.4 Å². The maximum Gasteiger partial charge on any atom is 0.417 e. The van der Waals surface area contributed by atoms with Gasteiger partial charge < -0.3 is 15.4 Å². The minimum absolute atomic E-state index is 0.000262. The average Bonchev–Trinajstić information content (AvgIpc) is 3.41. The largest absolute Gasteiger partial charge is 0.417 e. The molecule has 32 heavy (non-hydrogen) atoms. The van der Waals surface area contributed by atoms with Crippen LogP contribution in [0.5, 0.6) is 0 Å². The molecule has 11 heteroatoms. The Kier molecular flexibility index (Phi) is 4.77. The smallest absolute Gasteiger partial charge is 0.382 e. The van der Waals surface area contributed by atoms with Gasteiger partial charge in [0.25, 0.3) is 0 Å². The second kappa shape index (κ2) is 7.52. The number of fused-ring (bicyclic) bond motifs is 1. The molecular weight excluding hydrogens is 423 g/mol. The van der Waals surface area contributed by atoms with Gasteiger partial charge in [-0.25, -0.2) is 4.98 Å². The zero-order valence-corrected chi connectivity index (χ0v) is 17.1. The van der Waals surface area contributed by atoms with Gasteiger partial charge in [-0.05, 0) is 24.6 Å². The van der Waals surface area contributed by atoms with Crippen LogP contribution in [-0.2, 0) is 10.9 Å². The number of hydrogen-bond acceptors (Lipinski definition) is 6. The van der Waals surface area contributed by atoms with Gasteiger partial charge in [0.15, 0.2) is 17.3 Å². The van der Waals surface area contributed by atoms with Crippen molar-refractivity contribution in [3.05, 3.63) is 48.2 Å². The van der Waals surface area contributed by atoms with Gasteiger partial charge in [-0.2, -0.15) is 23.0 Å². The Balaban J connectivity index is 1.83. The Morgan fingerprint density at radius 2 is 2.00 bits per heavy atom. The van der Waals surface area contributed by atoms with E-state index >= 15 is 0 Å². The summed E-state index contributed by atoms with van der Waals surface area (Å²) in [6.45, 7) is 3.54. The minimum Gasteiger partial charge on any atom is -0.382 e. The zero-order chi connectivity index (χ0) is 22.5. The van der Waals surface area contributed by atoms with Crippen LogP contribution in [0.25, 0.3) is 28.0 Å². The van der Waals surface area contributed by atoms with Crippen molar-refractivity contribution in [1.29, 1.82) is 0 Å². The second-order valence-corrected chi connectivity index (χ2v) is 7.63.